The Labute approximate surface area is 149 Å². The Morgan fingerprint density at radius 2 is 1.96 bits per heavy atom. The molecule has 2 N–H and O–H groups in total. The van der Waals surface area contributed by atoms with Gasteiger partial charge in [0, 0.05) is 39.6 Å². The second-order valence-electron chi connectivity index (χ2n) is 6.18. The molecule has 1 aliphatic rings. The van der Waals surface area contributed by atoms with E-state index in [1.54, 1.807) is 13.3 Å². The highest BCUT2D eigenvalue weighted by atomic mass is 32.2. The van der Waals surface area contributed by atoms with E-state index >= 15 is 0 Å². The topological polar surface area (TPSA) is 114 Å². The molecule has 0 radical (unpaired) electrons. The molecule has 0 aliphatic carbocycles. The molecule has 1 aromatic heterocycles. The zero-order valence-electron chi connectivity index (χ0n) is 15.1. The van der Waals surface area contributed by atoms with Crippen LogP contribution in [0.5, 0.6) is 0 Å². The molecule has 1 saturated heterocycles. The number of imidazole rings is 1. The first-order chi connectivity index (χ1) is 11.8. The number of hydrogen-bond acceptors (Lipinski definition) is 5. The molecule has 2 heterocycles. The Bertz CT molecular complexity index is 624. The SMILES string of the molecule is COC1CCN(S(=O)(=O)NC(c2nccn2C)C(C)C)CC1.O=CO. The molecule has 0 spiro atoms. The van der Waals surface area contributed by atoms with Gasteiger partial charge in [0.1, 0.15) is 5.82 Å². The summed E-state index contributed by atoms with van der Waals surface area (Å²) in [4.78, 5) is 12.7. The standard InChI is InChI=1S/C14H26N4O3S.CH2O2/c1-11(2)13(14-15-7-10-17(14)3)16-22(19,20)18-8-5-12(21-4)6-9-18;2-1-3/h7,10-13,16H,5-6,8-9H2,1-4H3;1H,(H,2,3). The molecule has 0 saturated carbocycles. The molecule has 1 aromatic rings. The van der Waals surface area contributed by atoms with Gasteiger partial charge in [0.15, 0.2) is 0 Å². The van der Waals surface area contributed by atoms with Crippen LogP contribution in [0.4, 0.5) is 0 Å². The highest BCUT2D eigenvalue weighted by Crippen LogP contribution is 2.23. The fourth-order valence-electron chi connectivity index (χ4n) is 2.71. The lowest BCUT2D eigenvalue weighted by molar-refractivity contribution is -0.122. The summed E-state index contributed by atoms with van der Waals surface area (Å²) in [7, 11) is 0.0131. The number of piperidine rings is 1. The van der Waals surface area contributed by atoms with E-state index in [4.69, 9.17) is 14.6 Å². The molecular weight excluding hydrogens is 348 g/mol. The molecule has 0 aromatic carbocycles. The van der Waals surface area contributed by atoms with Crippen molar-refractivity contribution in [3.63, 3.8) is 0 Å². The summed E-state index contributed by atoms with van der Waals surface area (Å²) >= 11 is 0. The van der Waals surface area contributed by atoms with E-state index in [1.165, 1.54) is 4.31 Å². The van der Waals surface area contributed by atoms with E-state index in [1.807, 2.05) is 31.7 Å². The Morgan fingerprint density at radius 1 is 1.40 bits per heavy atom. The normalized spacial score (nSPS) is 17.8. The van der Waals surface area contributed by atoms with Gasteiger partial charge in [0.25, 0.3) is 16.7 Å². The maximum atomic E-state index is 12.6. The van der Waals surface area contributed by atoms with Crippen molar-refractivity contribution in [2.24, 2.45) is 13.0 Å². The van der Waals surface area contributed by atoms with Crippen LogP contribution in [0.25, 0.3) is 0 Å². The third-order valence-corrected chi connectivity index (χ3v) is 5.75. The van der Waals surface area contributed by atoms with Crippen LogP contribution >= 0.6 is 0 Å². The number of hydrogen-bond donors (Lipinski definition) is 2. The van der Waals surface area contributed by atoms with Crippen molar-refractivity contribution < 1.29 is 23.1 Å². The van der Waals surface area contributed by atoms with Crippen molar-refractivity contribution in [2.45, 2.75) is 38.8 Å². The Hall–Kier alpha value is -1.49. The van der Waals surface area contributed by atoms with Crippen LogP contribution in [0, 0.1) is 5.92 Å². The first kappa shape index (κ1) is 21.6. The minimum atomic E-state index is -3.53. The lowest BCUT2D eigenvalue weighted by Gasteiger charge is -2.32. The van der Waals surface area contributed by atoms with Crippen LogP contribution in [-0.2, 0) is 26.8 Å². The van der Waals surface area contributed by atoms with Crippen LogP contribution < -0.4 is 4.72 Å². The second kappa shape index (κ2) is 9.85. The Morgan fingerprint density at radius 3 is 2.36 bits per heavy atom. The summed E-state index contributed by atoms with van der Waals surface area (Å²) in [5, 5.41) is 6.89. The number of rotatable bonds is 6. The van der Waals surface area contributed by atoms with Crippen LogP contribution in [0.15, 0.2) is 12.4 Å². The number of aromatic nitrogens is 2. The fraction of sp³-hybridized carbons (Fsp3) is 0.733. The van der Waals surface area contributed by atoms with Crippen molar-refractivity contribution in [1.82, 2.24) is 18.6 Å². The van der Waals surface area contributed by atoms with E-state index in [-0.39, 0.29) is 24.5 Å². The lowest BCUT2D eigenvalue weighted by atomic mass is 10.1. The number of aryl methyl sites for hydroxylation is 1. The molecule has 0 bridgehead atoms. The maximum Gasteiger partial charge on any atom is 0.290 e. The molecular formula is C15H28N4O5S. The number of methoxy groups -OCH3 is 1. The van der Waals surface area contributed by atoms with Crippen LogP contribution in [0.3, 0.4) is 0 Å². The molecule has 0 amide bonds. The molecule has 1 fully saturated rings. The summed E-state index contributed by atoms with van der Waals surface area (Å²) in [6.07, 6.45) is 5.12. The van der Waals surface area contributed by atoms with Gasteiger partial charge < -0.3 is 14.4 Å². The van der Waals surface area contributed by atoms with Gasteiger partial charge >= 0.3 is 0 Å². The van der Waals surface area contributed by atoms with Gasteiger partial charge in [-0.2, -0.15) is 17.4 Å². The van der Waals surface area contributed by atoms with Gasteiger partial charge in [0.2, 0.25) is 0 Å². The molecule has 2 rings (SSSR count). The monoisotopic (exact) mass is 376 g/mol. The third-order valence-electron chi connectivity index (χ3n) is 4.15. The fourth-order valence-corrected chi connectivity index (χ4v) is 4.25. The number of ether oxygens (including phenoxy) is 1. The Balaban J connectivity index is 0.000000970. The van der Waals surface area contributed by atoms with E-state index in [0.717, 1.165) is 18.7 Å². The Kier molecular flexibility index (Phi) is 8.50. The summed E-state index contributed by atoms with van der Waals surface area (Å²) in [5.74, 6) is 0.831. The molecule has 10 heteroatoms. The highest BCUT2D eigenvalue weighted by Gasteiger charge is 2.32. The van der Waals surface area contributed by atoms with Crippen LogP contribution in [0.1, 0.15) is 38.6 Å². The third kappa shape index (κ3) is 6.07. The van der Waals surface area contributed by atoms with Crippen LogP contribution in [0.2, 0.25) is 0 Å². The zero-order valence-corrected chi connectivity index (χ0v) is 15.9. The first-order valence-electron chi connectivity index (χ1n) is 8.12. The molecule has 1 aliphatic heterocycles. The van der Waals surface area contributed by atoms with Crippen molar-refractivity contribution in [2.75, 3.05) is 20.2 Å². The summed E-state index contributed by atoms with van der Waals surface area (Å²) in [6.45, 7) is 4.69. The van der Waals surface area contributed by atoms with Gasteiger partial charge in [-0.1, -0.05) is 13.8 Å². The van der Waals surface area contributed by atoms with Crippen molar-refractivity contribution in [3.05, 3.63) is 18.2 Å². The van der Waals surface area contributed by atoms with Gasteiger partial charge in [-0.25, -0.2) is 4.98 Å². The van der Waals surface area contributed by atoms with Gasteiger partial charge in [-0.05, 0) is 18.8 Å². The predicted molar refractivity (Wildman–Crippen MR) is 93.1 cm³/mol. The molecule has 1 atom stereocenters. The van der Waals surface area contributed by atoms with E-state index in [9.17, 15) is 8.42 Å². The smallest absolute Gasteiger partial charge is 0.290 e. The number of nitrogens with zero attached hydrogens (tertiary/aromatic N) is 3. The van der Waals surface area contributed by atoms with E-state index in [2.05, 4.69) is 9.71 Å². The van der Waals surface area contributed by atoms with Gasteiger partial charge in [-0.15, -0.1) is 0 Å². The first-order valence-corrected chi connectivity index (χ1v) is 9.56. The largest absolute Gasteiger partial charge is 0.483 e. The second-order valence-corrected chi connectivity index (χ2v) is 7.88. The average molecular weight is 376 g/mol. The van der Waals surface area contributed by atoms with Crippen molar-refractivity contribution in [1.29, 1.82) is 0 Å². The van der Waals surface area contributed by atoms with E-state index in [0.29, 0.717) is 13.1 Å². The molecule has 144 valence electrons. The summed E-state index contributed by atoms with van der Waals surface area (Å²) < 4.78 is 36.7. The zero-order chi connectivity index (χ0) is 19.0. The summed E-state index contributed by atoms with van der Waals surface area (Å²) in [6, 6.07) is -0.342. The minimum Gasteiger partial charge on any atom is -0.483 e. The number of carbonyl (C=O) groups is 1. The number of nitrogens with one attached hydrogen (secondary N) is 1. The van der Waals surface area contributed by atoms with Gasteiger partial charge in [0.05, 0.1) is 12.1 Å². The number of carboxylic acid groups (broad SMARTS) is 1. The van der Waals surface area contributed by atoms with Crippen molar-refractivity contribution in [3.8, 4) is 0 Å². The lowest BCUT2D eigenvalue weighted by Crippen LogP contribution is -2.48. The predicted octanol–water partition coefficient (Wildman–Crippen LogP) is 0.763. The quantitative estimate of drug-likeness (QED) is 0.709. The average Bonchev–Trinajstić information content (AvgIpc) is 2.99. The molecule has 25 heavy (non-hydrogen) atoms. The highest BCUT2D eigenvalue weighted by molar-refractivity contribution is 7.87. The summed E-state index contributed by atoms with van der Waals surface area (Å²) in [5.41, 5.74) is 0. The van der Waals surface area contributed by atoms with Crippen molar-refractivity contribution >= 4 is 16.7 Å². The molecule has 9 nitrogen and oxygen atoms in total. The maximum absolute atomic E-state index is 12.6. The minimum absolute atomic E-state index is 0.104. The van der Waals surface area contributed by atoms with Crippen LogP contribution in [-0.4, -0.2) is 60.2 Å². The van der Waals surface area contributed by atoms with E-state index < -0.39 is 10.2 Å². The van der Waals surface area contributed by atoms with Gasteiger partial charge in [-0.3, -0.25) is 4.79 Å². The molecule has 1 unspecified atom stereocenters.